The van der Waals surface area contributed by atoms with E-state index in [-0.39, 0.29) is 22.1 Å². The van der Waals surface area contributed by atoms with Gasteiger partial charge in [0, 0.05) is 34.6 Å². The monoisotopic (exact) mass is 663 g/mol. The molecule has 6 rings (SSSR count). The van der Waals surface area contributed by atoms with Crippen LogP contribution < -0.4 is 11.1 Å². The number of non-ortho nitro benzene ring substituents is 1. The number of fused-ring (bicyclic) bond motifs is 3. The molecule has 3 aliphatic carbocycles. The Morgan fingerprint density at radius 2 is 1.87 bits per heavy atom. The SMILES string of the molecule is C[C@@H]1c2ccc(Nc3nc(-c4cccc([N+](=O)[O-])c4)cs3)c(O)c2C(O)=C2C(=O)[C@@]3(O)C(O)=C(C(N)=O)C(=O)[C@H](N(C)C)[C@H]3[C@H](O)[C@H]21. The van der Waals surface area contributed by atoms with Gasteiger partial charge in [0.15, 0.2) is 16.5 Å². The summed E-state index contributed by atoms with van der Waals surface area (Å²) in [5.41, 5.74) is 1.87. The minimum absolute atomic E-state index is 0.0663. The molecule has 15 nitrogen and oxygen atoms in total. The number of nitrogens with zero attached hydrogens (tertiary/aromatic N) is 3. The van der Waals surface area contributed by atoms with Crippen molar-refractivity contribution in [1.82, 2.24) is 9.88 Å². The number of benzene rings is 2. The molecule has 1 aromatic heterocycles. The highest BCUT2D eigenvalue weighted by atomic mass is 32.1. The number of aliphatic hydroxyl groups is 4. The Hall–Kier alpha value is -5.16. The van der Waals surface area contributed by atoms with Crippen LogP contribution in [0.15, 0.2) is 58.7 Å². The predicted molar refractivity (Wildman–Crippen MR) is 168 cm³/mol. The molecule has 3 aromatic rings. The van der Waals surface area contributed by atoms with Gasteiger partial charge in [-0.15, -0.1) is 11.3 Å². The smallest absolute Gasteiger partial charge is 0.270 e. The maximum Gasteiger partial charge on any atom is 0.270 e. The highest BCUT2D eigenvalue weighted by Crippen LogP contribution is 2.56. The van der Waals surface area contributed by atoms with E-state index in [1.807, 2.05) is 0 Å². The molecule has 0 spiro atoms. The lowest BCUT2D eigenvalue weighted by molar-refractivity contribution is -0.384. The second-order valence-electron chi connectivity index (χ2n) is 11.9. The number of hydrogen-bond donors (Lipinski definition) is 7. The van der Waals surface area contributed by atoms with Crippen molar-refractivity contribution in [3.05, 3.63) is 79.9 Å². The average Bonchev–Trinajstić information content (AvgIpc) is 3.48. The van der Waals surface area contributed by atoms with E-state index in [9.17, 15) is 50.0 Å². The lowest BCUT2D eigenvalue weighted by Crippen LogP contribution is -2.70. The molecule has 244 valence electrons. The van der Waals surface area contributed by atoms with E-state index in [0.29, 0.717) is 16.8 Å². The number of aromatic hydroxyl groups is 1. The molecule has 0 bridgehead atoms. The number of rotatable bonds is 6. The van der Waals surface area contributed by atoms with Crippen LogP contribution in [0, 0.1) is 22.0 Å². The van der Waals surface area contributed by atoms with Gasteiger partial charge in [0.1, 0.15) is 22.8 Å². The Bertz CT molecular complexity index is 1970. The van der Waals surface area contributed by atoms with Gasteiger partial charge < -0.3 is 36.6 Å². The van der Waals surface area contributed by atoms with E-state index in [4.69, 9.17) is 5.73 Å². The van der Waals surface area contributed by atoms with Crippen LogP contribution in [0.25, 0.3) is 17.0 Å². The van der Waals surface area contributed by atoms with Gasteiger partial charge in [0.25, 0.3) is 11.6 Å². The first kappa shape index (κ1) is 31.8. The molecular formula is C31H29N5O10S. The number of ketones is 2. The van der Waals surface area contributed by atoms with Crippen LogP contribution in [0.1, 0.15) is 24.0 Å². The number of nitro benzene ring substituents is 1. The van der Waals surface area contributed by atoms with Crippen molar-refractivity contribution in [1.29, 1.82) is 0 Å². The summed E-state index contributed by atoms with van der Waals surface area (Å²) in [5, 5.41) is 73.6. The van der Waals surface area contributed by atoms with E-state index in [0.717, 1.165) is 11.3 Å². The van der Waals surface area contributed by atoms with E-state index in [1.165, 1.54) is 43.3 Å². The van der Waals surface area contributed by atoms with Gasteiger partial charge in [0.2, 0.25) is 5.78 Å². The zero-order chi connectivity index (χ0) is 34.3. The van der Waals surface area contributed by atoms with Gasteiger partial charge >= 0.3 is 0 Å². The van der Waals surface area contributed by atoms with Crippen LogP contribution in [0.5, 0.6) is 5.75 Å². The number of likely N-dealkylation sites (N-methyl/N-ethyl adjacent to an activating group) is 1. The van der Waals surface area contributed by atoms with Crippen LogP contribution in [-0.2, 0) is 14.4 Å². The van der Waals surface area contributed by atoms with Crippen molar-refractivity contribution >= 4 is 51.1 Å². The van der Waals surface area contributed by atoms with Crippen molar-refractivity contribution in [3.8, 4) is 17.0 Å². The lowest BCUT2D eigenvalue weighted by atomic mass is 9.54. The number of nitrogens with two attached hydrogens (primary N) is 1. The number of thiazole rings is 1. The van der Waals surface area contributed by atoms with Crippen LogP contribution in [0.4, 0.5) is 16.5 Å². The topological polar surface area (TPSA) is 250 Å². The third-order valence-corrected chi connectivity index (χ3v) is 9.99. The first-order valence-corrected chi connectivity index (χ1v) is 15.1. The Morgan fingerprint density at radius 3 is 2.51 bits per heavy atom. The predicted octanol–water partition coefficient (Wildman–Crippen LogP) is 2.27. The Morgan fingerprint density at radius 1 is 1.17 bits per heavy atom. The highest BCUT2D eigenvalue weighted by molar-refractivity contribution is 7.14. The quantitative estimate of drug-likeness (QED) is 0.0866. The molecule has 1 saturated carbocycles. The van der Waals surface area contributed by atoms with E-state index >= 15 is 0 Å². The number of Topliss-reactive ketones (excluding diaryl/α,β-unsaturated/α-hetero) is 2. The van der Waals surface area contributed by atoms with Crippen molar-refractivity contribution in [3.63, 3.8) is 0 Å². The fourth-order valence-electron chi connectivity index (χ4n) is 7.08. The van der Waals surface area contributed by atoms with E-state index in [1.54, 1.807) is 24.4 Å². The number of phenolic OH excluding ortho intramolecular Hbond substituents is 1. The van der Waals surface area contributed by atoms with Crippen LogP contribution in [0.2, 0.25) is 0 Å². The Balaban J connectivity index is 1.44. The third kappa shape index (κ3) is 4.51. The molecule has 3 aliphatic rings. The number of carbonyl (C=O) groups is 3. The number of nitro groups is 1. The van der Waals surface area contributed by atoms with Crippen LogP contribution in [-0.4, -0.2) is 89.7 Å². The van der Waals surface area contributed by atoms with Crippen molar-refractivity contribution in [2.45, 2.75) is 30.6 Å². The summed E-state index contributed by atoms with van der Waals surface area (Å²) in [6.45, 7) is 1.63. The molecule has 0 unspecified atom stereocenters. The largest absolute Gasteiger partial charge is 0.508 e. The molecular weight excluding hydrogens is 634 g/mol. The zero-order valence-electron chi connectivity index (χ0n) is 25.0. The maximum atomic E-state index is 14.2. The van der Waals surface area contributed by atoms with Crippen molar-refractivity contribution in [2.75, 3.05) is 19.4 Å². The molecule has 2 aromatic carbocycles. The van der Waals surface area contributed by atoms with Gasteiger partial charge in [-0.3, -0.25) is 29.4 Å². The molecule has 1 heterocycles. The first-order valence-electron chi connectivity index (χ1n) is 14.3. The number of nitrogens with one attached hydrogen (secondary N) is 1. The van der Waals surface area contributed by atoms with Crippen LogP contribution >= 0.6 is 11.3 Å². The Kier molecular flexibility index (Phi) is 7.43. The summed E-state index contributed by atoms with van der Waals surface area (Å²) in [4.78, 5) is 56.1. The lowest BCUT2D eigenvalue weighted by Gasteiger charge is -2.53. The van der Waals surface area contributed by atoms with E-state index < -0.39 is 86.3 Å². The number of aliphatic hydroxyl groups excluding tert-OH is 3. The summed E-state index contributed by atoms with van der Waals surface area (Å²) in [6.07, 6.45) is -1.70. The standard InChI is InChI=1S/C31H29N5O10S/c1-11-14-7-8-15(33-30-34-16(10-47-30)12-5-4-6-13(9-12)36(45)46)23(37)18(14)24(38)19-17(11)25(39)21-22(35(2)3)26(40)20(29(32)43)28(42)31(21,44)27(19)41/h4-11,17,21-22,25,37-39,42,44H,1-3H3,(H2,32,43)(H,33,34)/t11-,17+,21+,22-,25-,31-/m1/s1. The Labute approximate surface area is 270 Å². The molecule has 0 aliphatic heterocycles. The van der Waals surface area contributed by atoms with E-state index in [2.05, 4.69) is 10.3 Å². The van der Waals surface area contributed by atoms with Crippen molar-refractivity contribution in [2.24, 2.45) is 17.6 Å². The fourth-order valence-corrected chi connectivity index (χ4v) is 7.81. The second kappa shape index (κ2) is 11.0. The summed E-state index contributed by atoms with van der Waals surface area (Å²) < 4.78 is 0. The third-order valence-electron chi connectivity index (χ3n) is 9.23. The second-order valence-corrected chi connectivity index (χ2v) is 12.8. The zero-order valence-corrected chi connectivity index (χ0v) is 25.8. The maximum absolute atomic E-state index is 14.2. The molecule has 16 heteroatoms. The summed E-state index contributed by atoms with van der Waals surface area (Å²) in [6, 6.07) is 7.53. The van der Waals surface area contributed by atoms with Gasteiger partial charge in [-0.25, -0.2) is 4.98 Å². The first-order chi connectivity index (χ1) is 22.1. The van der Waals surface area contributed by atoms with Gasteiger partial charge in [0.05, 0.1) is 39.9 Å². The van der Waals surface area contributed by atoms with Gasteiger partial charge in [-0.1, -0.05) is 25.1 Å². The minimum atomic E-state index is -3.01. The summed E-state index contributed by atoms with van der Waals surface area (Å²) >= 11 is 1.14. The number of phenols is 1. The fraction of sp³-hybridized carbons (Fsp3) is 0.290. The summed E-state index contributed by atoms with van der Waals surface area (Å²) in [5.74, 6) is -9.82. The van der Waals surface area contributed by atoms with Gasteiger partial charge in [-0.05, 0) is 31.6 Å². The number of anilines is 2. The van der Waals surface area contributed by atoms with Gasteiger partial charge in [-0.2, -0.15) is 0 Å². The molecule has 1 fully saturated rings. The van der Waals surface area contributed by atoms with Crippen LogP contribution in [0.3, 0.4) is 0 Å². The van der Waals surface area contributed by atoms with Crippen molar-refractivity contribution < 1.29 is 44.8 Å². The number of hydrogen-bond acceptors (Lipinski definition) is 14. The molecule has 1 amide bonds. The number of amides is 1. The molecule has 0 radical (unpaired) electrons. The molecule has 6 atom stereocenters. The molecule has 47 heavy (non-hydrogen) atoms. The average molecular weight is 664 g/mol. The number of carbonyl (C=O) groups excluding carboxylic acids is 3. The molecule has 0 saturated heterocycles. The number of primary amides is 1. The minimum Gasteiger partial charge on any atom is -0.508 e. The summed E-state index contributed by atoms with van der Waals surface area (Å²) in [7, 11) is 2.87. The highest BCUT2D eigenvalue weighted by Gasteiger charge is 2.68. The molecule has 8 N–H and O–H groups in total. The number of aromatic nitrogens is 1. The normalized spacial score (nSPS) is 27.0.